The van der Waals surface area contributed by atoms with Crippen molar-refractivity contribution in [2.75, 3.05) is 26.8 Å². The van der Waals surface area contributed by atoms with E-state index in [1.54, 1.807) is 7.11 Å². The predicted molar refractivity (Wildman–Crippen MR) is 65.5 cm³/mol. The first-order valence-corrected chi connectivity index (χ1v) is 7.03. The molecule has 3 unspecified atom stereocenters. The molecule has 1 saturated heterocycles. The second-order valence-electron chi connectivity index (χ2n) is 6.26. The zero-order valence-corrected chi connectivity index (χ0v) is 10.7. The Balaban J connectivity index is 1.43. The molecule has 2 saturated carbocycles. The lowest BCUT2D eigenvalue weighted by molar-refractivity contribution is -0.140. The van der Waals surface area contributed by atoms with Crippen LogP contribution in [0.2, 0.25) is 0 Å². The van der Waals surface area contributed by atoms with Crippen LogP contribution in [-0.2, 0) is 9.53 Å². The van der Waals surface area contributed by atoms with E-state index in [1.165, 1.54) is 25.7 Å². The maximum absolute atomic E-state index is 12.1. The standard InChI is InChI=1S/C14H23NO2/c1-17-9-11-7-15(8-11)14(16)6-13-5-10-2-3-12(13)4-10/h10-13H,2-9H2,1H3. The first kappa shape index (κ1) is 11.5. The highest BCUT2D eigenvalue weighted by molar-refractivity contribution is 5.77. The van der Waals surface area contributed by atoms with Crippen molar-refractivity contribution in [2.45, 2.75) is 32.1 Å². The molecular weight excluding hydrogens is 214 g/mol. The fourth-order valence-electron chi connectivity index (χ4n) is 4.09. The van der Waals surface area contributed by atoms with Gasteiger partial charge in [-0.3, -0.25) is 4.79 Å². The number of methoxy groups -OCH3 is 1. The van der Waals surface area contributed by atoms with E-state index >= 15 is 0 Å². The summed E-state index contributed by atoms with van der Waals surface area (Å²) < 4.78 is 5.11. The number of hydrogen-bond acceptors (Lipinski definition) is 2. The number of amides is 1. The third kappa shape index (κ3) is 2.22. The molecule has 2 aliphatic carbocycles. The van der Waals surface area contributed by atoms with Crippen LogP contribution in [0, 0.1) is 23.7 Å². The van der Waals surface area contributed by atoms with Crippen LogP contribution in [0.5, 0.6) is 0 Å². The lowest BCUT2D eigenvalue weighted by Gasteiger charge is -2.39. The number of rotatable bonds is 4. The third-order valence-electron chi connectivity index (χ3n) is 5.03. The van der Waals surface area contributed by atoms with Crippen LogP contribution in [0.25, 0.3) is 0 Å². The number of fused-ring (bicyclic) bond motifs is 2. The SMILES string of the molecule is COCC1CN(C(=O)CC2CC3CCC2C3)C1. The van der Waals surface area contributed by atoms with Gasteiger partial charge in [-0.1, -0.05) is 6.42 Å². The largest absolute Gasteiger partial charge is 0.384 e. The highest BCUT2D eigenvalue weighted by atomic mass is 16.5. The van der Waals surface area contributed by atoms with E-state index in [2.05, 4.69) is 0 Å². The highest BCUT2D eigenvalue weighted by Crippen LogP contribution is 2.49. The van der Waals surface area contributed by atoms with Crippen LogP contribution in [0.1, 0.15) is 32.1 Å². The second kappa shape index (κ2) is 4.60. The van der Waals surface area contributed by atoms with Crippen molar-refractivity contribution in [1.82, 2.24) is 4.90 Å². The first-order chi connectivity index (χ1) is 8.26. The van der Waals surface area contributed by atoms with Gasteiger partial charge in [0.1, 0.15) is 0 Å². The summed E-state index contributed by atoms with van der Waals surface area (Å²) >= 11 is 0. The van der Waals surface area contributed by atoms with Gasteiger partial charge in [-0.15, -0.1) is 0 Å². The quantitative estimate of drug-likeness (QED) is 0.747. The molecule has 96 valence electrons. The molecule has 0 spiro atoms. The highest BCUT2D eigenvalue weighted by Gasteiger charge is 2.41. The fraction of sp³-hybridized carbons (Fsp3) is 0.929. The van der Waals surface area contributed by atoms with Crippen LogP contribution >= 0.6 is 0 Å². The smallest absolute Gasteiger partial charge is 0.222 e. The number of nitrogens with zero attached hydrogens (tertiary/aromatic N) is 1. The van der Waals surface area contributed by atoms with E-state index in [9.17, 15) is 4.79 Å². The maximum atomic E-state index is 12.1. The minimum absolute atomic E-state index is 0.398. The van der Waals surface area contributed by atoms with Crippen molar-refractivity contribution in [3.8, 4) is 0 Å². The summed E-state index contributed by atoms with van der Waals surface area (Å²) in [6, 6.07) is 0. The molecule has 3 rings (SSSR count). The molecule has 0 aromatic rings. The van der Waals surface area contributed by atoms with Gasteiger partial charge < -0.3 is 9.64 Å². The van der Waals surface area contributed by atoms with Crippen molar-refractivity contribution < 1.29 is 9.53 Å². The van der Waals surface area contributed by atoms with E-state index in [4.69, 9.17) is 4.74 Å². The molecule has 2 bridgehead atoms. The molecular formula is C14H23NO2. The van der Waals surface area contributed by atoms with Crippen LogP contribution in [0.3, 0.4) is 0 Å². The van der Waals surface area contributed by atoms with Crippen LogP contribution in [0.15, 0.2) is 0 Å². The minimum atomic E-state index is 0.398. The van der Waals surface area contributed by atoms with E-state index in [-0.39, 0.29) is 0 Å². The molecule has 3 nitrogen and oxygen atoms in total. The summed E-state index contributed by atoms with van der Waals surface area (Å²) in [5.74, 6) is 3.53. The van der Waals surface area contributed by atoms with Gasteiger partial charge in [0.2, 0.25) is 5.91 Å². The molecule has 0 aromatic carbocycles. The summed E-state index contributed by atoms with van der Waals surface area (Å²) in [4.78, 5) is 14.1. The summed E-state index contributed by atoms with van der Waals surface area (Å²) in [7, 11) is 1.74. The molecule has 3 aliphatic rings. The van der Waals surface area contributed by atoms with Crippen molar-refractivity contribution >= 4 is 5.91 Å². The van der Waals surface area contributed by atoms with Gasteiger partial charge in [0.15, 0.2) is 0 Å². The molecule has 3 heteroatoms. The Morgan fingerprint density at radius 2 is 2.12 bits per heavy atom. The normalized spacial score (nSPS) is 36.3. The molecule has 3 atom stereocenters. The topological polar surface area (TPSA) is 29.5 Å². The number of likely N-dealkylation sites (tertiary alicyclic amines) is 1. The van der Waals surface area contributed by atoms with Gasteiger partial charge in [0.25, 0.3) is 0 Å². The van der Waals surface area contributed by atoms with Gasteiger partial charge >= 0.3 is 0 Å². The summed E-state index contributed by atoms with van der Waals surface area (Å²) in [5, 5.41) is 0. The molecule has 1 heterocycles. The number of carbonyl (C=O) groups excluding carboxylic acids is 1. The molecule has 0 aromatic heterocycles. The first-order valence-electron chi connectivity index (χ1n) is 7.03. The van der Waals surface area contributed by atoms with Gasteiger partial charge in [-0.05, 0) is 37.0 Å². The molecule has 1 amide bonds. The van der Waals surface area contributed by atoms with E-state index in [0.29, 0.717) is 17.7 Å². The number of hydrogen-bond donors (Lipinski definition) is 0. The van der Waals surface area contributed by atoms with Gasteiger partial charge in [0, 0.05) is 32.5 Å². The molecule has 0 radical (unpaired) electrons. The van der Waals surface area contributed by atoms with Crippen molar-refractivity contribution in [1.29, 1.82) is 0 Å². The Morgan fingerprint density at radius 3 is 2.71 bits per heavy atom. The average Bonchev–Trinajstić information content (AvgIpc) is 2.84. The minimum Gasteiger partial charge on any atom is -0.384 e. The zero-order chi connectivity index (χ0) is 11.8. The molecule has 1 aliphatic heterocycles. The maximum Gasteiger partial charge on any atom is 0.222 e. The Hall–Kier alpha value is -0.570. The Kier molecular flexibility index (Phi) is 3.12. The predicted octanol–water partition coefficient (Wildman–Crippen LogP) is 1.92. The Morgan fingerprint density at radius 1 is 1.29 bits per heavy atom. The lowest BCUT2D eigenvalue weighted by Crippen LogP contribution is -2.52. The summed E-state index contributed by atoms with van der Waals surface area (Å²) in [6.45, 7) is 2.65. The van der Waals surface area contributed by atoms with E-state index in [1.807, 2.05) is 4.90 Å². The van der Waals surface area contributed by atoms with Crippen molar-refractivity contribution in [3.63, 3.8) is 0 Å². The summed E-state index contributed by atoms with van der Waals surface area (Å²) in [5.41, 5.74) is 0. The van der Waals surface area contributed by atoms with E-state index in [0.717, 1.165) is 38.0 Å². The van der Waals surface area contributed by atoms with Gasteiger partial charge in [-0.2, -0.15) is 0 Å². The van der Waals surface area contributed by atoms with Crippen LogP contribution in [-0.4, -0.2) is 37.6 Å². The monoisotopic (exact) mass is 237 g/mol. The van der Waals surface area contributed by atoms with E-state index < -0.39 is 0 Å². The average molecular weight is 237 g/mol. The Labute approximate surface area is 104 Å². The van der Waals surface area contributed by atoms with Gasteiger partial charge in [0.05, 0.1) is 6.61 Å². The zero-order valence-electron chi connectivity index (χ0n) is 10.7. The number of carbonyl (C=O) groups is 1. The van der Waals surface area contributed by atoms with Gasteiger partial charge in [-0.25, -0.2) is 0 Å². The molecule has 3 fully saturated rings. The van der Waals surface area contributed by atoms with Crippen LogP contribution < -0.4 is 0 Å². The number of ether oxygens (including phenoxy) is 1. The second-order valence-corrected chi connectivity index (χ2v) is 6.26. The molecule has 17 heavy (non-hydrogen) atoms. The third-order valence-corrected chi connectivity index (χ3v) is 5.03. The molecule has 0 N–H and O–H groups in total. The summed E-state index contributed by atoms with van der Waals surface area (Å²) in [6.07, 6.45) is 6.36. The fourth-order valence-corrected chi connectivity index (χ4v) is 4.09. The van der Waals surface area contributed by atoms with Crippen molar-refractivity contribution in [2.24, 2.45) is 23.7 Å². The van der Waals surface area contributed by atoms with Crippen LogP contribution in [0.4, 0.5) is 0 Å². The lowest BCUT2D eigenvalue weighted by atomic mass is 9.85. The Bertz CT molecular complexity index is 299. The van der Waals surface area contributed by atoms with Crippen molar-refractivity contribution in [3.05, 3.63) is 0 Å².